The third-order valence-corrected chi connectivity index (χ3v) is 2.06. The molecule has 12 heavy (non-hydrogen) atoms. The smallest absolute Gasteiger partial charge is 0.404 e. The van der Waals surface area contributed by atoms with E-state index in [-0.39, 0.29) is 18.5 Å². The molecule has 1 aliphatic heterocycles. The maximum atomic E-state index is 10.3. The monoisotopic (exact) mass is 194 g/mol. The van der Waals surface area contributed by atoms with Crippen LogP contribution in [0.1, 0.15) is 13.3 Å². The zero-order valence-electron chi connectivity index (χ0n) is 7.08. The SMILES string of the molecule is C[C@H](OC(N)=O)C1CCNC1.Cl. The molecule has 1 heterocycles. The van der Waals surface area contributed by atoms with Crippen LogP contribution in [-0.4, -0.2) is 25.3 Å². The molecule has 0 spiro atoms. The average Bonchev–Trinajstić information content (AvgIpc) is 2.35. The normalized spacial score (nSPS) is 24.2. The van der Waals surface area contributed by atoms with Gasteiger partial charge in [0.2, 0.25) is 0 Å². The lowest BCUT2D eigenvalue weighted by molar-refractivity contribution is 0.0855. The van der Waals surface area contributed by atoms with Gasteiger partial charge in [-0.2, -0.15) is 0 Å². The number of carbonyl (C=O) groups is 1. The van der Waals surface area contributed by atoms with Crippen LogP contribution in [0, 0.1) is 5.92 Å². The summed E-state index contributed by atoms with van der Waals surface area (Å²) >= 11 is 0. The Labute approximate surface area is 78.2 Å². The number of carbonyl (C=O) groups excluding carboxylic acids is 1. The summed E-state index contributed by atoms with van der Waals surface area (Å²) in [6.45, 7) is 3.81. The molecule has 0 aromatic rings. The molecule has 3 N–H and O–H groups in total. The second-order valence-electron chi connectivity index (χ2n) is 2.89. The van der Waals surface area contributed by atoms with Crippen LogP contribution in [0.4, 0.5) is 4.79 Å². The minimum atomic E-state index is -0.676. The van der Waals surface area contributed by atoms with Gasteiger partial charge in [0.25, 0.3) is 0 Å². The third kappa shape index (κ3) is 3.28. The molecule has 5 heteroatoms. The van der Waals surface area contributed by atoms with E-state index in [9.17, 15) is 4.79 Å². The molecule has 0 bridgehead atoms. The molecule has 0 aromatic heterocycles. The van der Waals surface area contributed by atoms with Crippen LogP contribution in [0.15, 0.2) is 0 Å². The van der Waals surface area contributed by atoms with Gasteiger partial charge in [-0.1, -0.05) is 0 Å². The number of hydrogen-bond donors (Lipinski definition) is 2. The van der Waals surface area contributed by atoms with E-state index in [0.29, 0.717) is 5.92 Å². The fourth-order valence-corrected chi connectivity index (χ4v) is 1.36. The molecular formula is C7H15ClN2O2. The molecule has 1 saturated heterocycles. The average molecular weight is 195 g/mol. The molecule has 1 fully saturated rings. The van der Waals surface area contributed by atoms with Gasteiger partial charge in [0.1, 0.15) is 6.10 Å². The predicted octanol–water partition coefficient (Wildman–Crippen LogP) is 0.502. The van der Waals surface area contributed by atoms with Crippen molar-refractivity contribution in [2.45, 2.75) is 19.4 Å². The Hall–Kier alpha value is -0.480. The lowest BCUT2D eigenvalue weighted by atomic mass is 10.0. The van der Waals surface area contributed by atoms with Crippen molar-refractivity contribution in [2.75, 3.05) is 13.1 Å². The fourth-order valence-electron chi connectivity index (χ4n) is 1.36. The summed E-state index contributed by atoms with van der Waals surface area (Å²) in [5.41, 5.74) is 4.88. The van der Waals surface area contributed by atoms with E-state index in [1.54, 1.807) is 0 Å². The van der Waals surface area contributed by atoms with Crippen molar-refractivity contribution in [3.05, 3.63) is 0 Å². The highest BCUT2D eigenvalue weighted by Gasteiger charge is 2.23. The first-order valence-electron chi connectivity index (χ1n) is 3.87. The van der Waals surface area contributed by atoms with Gasteiger partial charge >= 0.3 is 6.09 Å². The van der Waals surface area contributed by atoms with Crippen molar-refractivity contribution in [2.24, 2.45) is 11.7 Å². The lowest BCUT2D eigenvalue weighted by Crippen LogP contribution is -2.28. The van der Waals surface area contributed by atoms with Gasteiger partial charge in [-0.25, -0.2) is 4.79 Å². The minimum absolute atomic E-state index is 0. The quantitative estimate of drug-likeness (QED) is 0.673. The Kier molecular flexibility index (Phi) is 5.01. The van der Waals surface area contributed by atoms with Crippen LogP contribution >= 0.6 is 12.4 Å². The maximum absolute atomic E-state index is 10.3. The van der Waals surface area contributed by atoms with Crippen molar-refractivity contribution in [3.8, 4) is 0 Å². The van der Waals surface area contributed by atoms with E-state index in [0.717, 1.165) is 19.5 Å². The van der Waals surface area contributed by atoms with Crippen molar-refractivity contribution in [1.82, 2.24) is 5.32 Å². The van der Waals surface area contributed by atoms with Gasteiger partial charge in [0, 0.05) is 12.5 Å². The van der Waals surface area contributed by atoms with Gasteiger partial charge in [-0.3, -0.25) is 0 Å². The van der Waals surface area contributed by atoms with Crippen molar-refractivity contribution < 1.29 is 9.53 Å². The summed E-state index contributed by atoms with van der Waals surface area (Å²) < 4.78 is 4.83. The van der Waals surface area contributed by atoms with Crippen LogP contribution in [0.5, 0.6) is 0 Å². The van der Waals surface area contributed by atoms with Gasteiger partial charge < -0.3 is 15.8 Å². The second kappa shape index (κ2) is 5.22. The highest BCUT2D eigenvalue weighted by atomic mass is 35.5. The Morgan fingerprint density at radius 1 is 1.75 bits per heavy atom. The Bertz CT molecular complexity index is 148. The first kappa shape index (κ1) is 11.5. The number of amides is 1. The number of rotatable bonds is 2. The van der Waals surface area contributed by atoms with Gasteiger partial charge in [0.05, 0.1) is 0 Å². The molecule has 72 valence electrons. The van der Waals surface area contributed by atoms with Crippen LogP contribution in [0.3, 0.4) is 0 Å². The molecule has 0 aliphatic carbocycles. The van der Waals surface area contributed by atoms with Crippen molar-refractivity contribution in [1.29, 1.82) is 0 Å². The fraction of sp³-hybridized carbons (Fsp3) is 0.857. The number of ether oxygens (including phenoxy) is 1. The zero-order valence-corrected chi connectivity index (χ0v) is 7.89. The van der Waals surface area contributed by atoms with E-state index >= 15 is 0 Å². The van der Waals surface area contributed by atoms with Gasteiger partial charge in [0.15, 0.2) is 0 Å². The van der Waals surface area contributed by atoms with E-state index < -0.39 is 6.09 Å². The second-order valence-corrected chi connectivity index (χ2v) is 2.89. The molecule has 1 rings (SSSR count). The van der Waals surface area contributed by atoms with Crippen molar-refractivity contribution in [3.63, 3.8) is 0 Å². The van der Waals surface area contributed by atoms with Crippen LogP contribution in [0.25, 0.3) is 0 Å². The zero-order chi connectivity index (χ0) is 8.27. The molecule has 2 atom stereocenters. The largest absolute Gasteiger partial charge is 0.446 e. The molecule has 1 amide bonds. The van der Waals surface area contributed by atoms with Gasteiger partial charge in [-0.15, -0.1) is 12.4 Å². The molecule has 0 radical (unpaired) electrons. The molecule has 0 aromatic carbocycles. The van der Waals surface area contributed by atoms with E-state index in [4.69, 9.17) is 10.5 Å². The minimum Gasteiger partial charge on any atom is -0.446 e. The van der Waals surface area contributed by atoms with E-state index in [2.05, 4.69) is 5.32 Å². The lowest BCUT2D eigenvalue weighted by Gasteiger charge is -2.16. The highest BCUT2D eigenvalue weighted by Crippen LogP contribution is 2.14. The third-order valence-electron chi connectivity index (χ3n) is 2.06. The maximum Gasteiger partial charge on any atom is 0.404 e. The molecule has 1 unspecified atom stereocenters. The van der Waals surface area contributed by atoms with Gasteiger partial charge in [-0.05, 0) is 19.9 Å². The van der Waals surface area contributed by atoms with E-state index in [1.807, 2.05) is 6.92 Å². The van der Waals surface area contributed by atoms with Crippen molar-refractivity contribution >= 4 is 18.5 Å². The molecule has 0 saturated carbocycles. The first-order chi connectivity index (χ1) is 5.20. The summed E-state index contributed by atoms with van der Waals surface area (Å²) in [4.78, 5) is 10.3. The summed E-state index contributed by atoms with van der Waals surface area (Å²) in [5, 5.41) is 3.19. The molecular weight excluding hydrogens is 180 g/mol. The number of hydrogen-bond acceptors (Lipinski definition) is 3. The predicted molar refractivity (Wildman–Crippen MR) is 48.4 cm³/mol. The number of nitrogens with two attached hydrogens (primary N) is 1. The molecule has 1 aliphatic rings. The Morgan fingerprint density at radius 3 is 2.83 bits per heavy atom. The standard InChI is InChI=1S/C7H14N2O2.ClH/c1-5(11-7(8)10)6-2-3-9-4-6;/h5-6,9H,2-4H2,1H3,(H2,8,10);1H/t5-,6?;/m0./s1. The van der Waals surface area contributed by atoms with Crippen LogP contribution < -0.4 is 11.1 Å². The highest BCUT2D eigenvalue weighted by molar-refractivity contribution is 5.85. The van der Waals surface area contributed by atoms with Crippen LogP contribution in [-0.2, 0) is 4.74 Å². The number of primary amides is 1. The Morgan fingerprint density at radius 2 is 2.42 bits per heavy atom. The summed E-state index contributed by atoms with van der Waals surface area (Å²) in [7, 11) is 0. The summed E-state index contributed by atoms with van der Waals surface area (Å²) in [6.07, 6.45) is 0.334. The number of halogens is 1. The Balaban J connectivity index is 0.00000121. The topological polar surface area (TPSA) is 64.3 Å². The van der Waals surface area contributed by atoms with E-state index in [1.165, 1.54) is 0 Å². The molecule has 4 nitrogen and oxygen atoms in total. The summed E-state index contributed by atoms with van der Waals surface area (Å²) in [6, 6.07) is 0. The van der Waals surface area contributed by atoms with Crippen LogP contribution in [0.2, 0.25) is 0 Å². The number of nitrogens with one attached hydrogen (secondary N) is 1. The summed E-state index contributed by atoms with van der Waals surface area (Å²) in [5.74, 6) is 0.433. The first-order valence-corrected chi connectivity index (χ1v) is 3.87.